The summed E-state index contributed by atoms with van der Waals surface area (Å²) in [6.07, 6.45) is 1.56. The fraction of sp³-hybridized carbons (Fsp3) is 0.0909. The first kappa shape index (κ1) is 12.8. The Kier molecular flexibility index (Phi) is 3.03. The highest BCUT2D eigenvalue weighted by Gasteiger charge is 2.18. The molecule has 2 aromatic heterocycles. The van der Waals surface area contributed by atoms with Gasteiger partial charge in [0.25, 0.3) is 5.91 Å². The number of aromatic nitrogens is 4. The van der Waals surface area contributed by atoms with Crippen molar-refractivity contribution in [2.75, 3.05) is 11.1 Å². The second-order valence-corrected chi connectivity index (χ2v) is 5.05. The van der Waals surface area contributed by atoms with Crippen LogP contribution >= 0.6 is 23.3 Å². The highest BCUT2D eigenvalue weighted by Crippen LogP contribution is 2.30. The van der Waals surface area contributed by atoms with Crippen LogP contribution in [0.1, 0.15) is 10.5 Å². The van der Waals surface area contributed by atoms with Gasteiger partial charge in [0.05, 0.1) is 28.1 Å². The smallest absolute Gasteiger partial charge is 0.278 e. The zero-order valence-electron chi connectivity index (χ0n) is 10.3. The number of hydrogen-bond acceptors (Lipinski definition) is 6. The van der Waals surface area contributed by atoms with Gasteiger partial charge in [-0.3, -0.25) is 9.48 Å². The molecular formula is C11H9ClN6OS. The van der Waals surface area contributed by atoms with Crippen molar-refractivity contribution in [3.63, 3.8) is 0 Å². The van der Waals surface area contributed by atoms with E-state index in [0.717, 1.165) is 11.7 Å². The molecule has 0 saturated carbocycles. The van der Waals surface area contributed by atoms with Gasteiger partial charge in [0.15, 0.2) is 5.69 Å². The molecule has 3 N–H and O–H groups in total. The molecule has 0 spiro atoms. The van der Waals surface area contributed by atoms with Gasteiger partial charge in [0, 0.05) is 13.2 Å². The molecule has 0 atom stereocenters. The lowest BCUT2D eigenvalue weighted by Crippen LogP contribution is -2.15. The summed E-state index contributed by atoms with van der Waals surface area (Å²) >= 11 is 7.15. The molecular weight excluding hydrogens is 300 g/mol. The van der Waals surface area contributed by atoms with Crippen molar-refractivity contribution >= 4 is 51.6 Å². The number of amides is 1. The second-order valence-electron chi connectivity index (χ2n) is 4.12. The molecule has 3 aromatic rings. The molecule has 9 heteroatoms. The normalized spacial score (nSPS) is 10.9. The standard InChI is InChI=1S/C11H9ClN6OS/c1-18-4-6(13)9(15-18)11(19)14-8-5(12)2-3-7-10(8)17-20-16-7/h2-4H,13H2,1H3,(H,14,19). The Balaban J connectivity index is 2.01. The van der Waals surface area contributed by atoms with Crippen LogP contribution < -0.4 is 11.1 Å². The predicted octanol–water partition coefficient (Wildman–Crippen LogP) is 1.91. The number of hydrogen-bond donors (Lipinski definition) is 2. The number of benzene rings is 1. The number of fused-ring (bicyclic) bond motifs is 1. The molecule has 7 nitrogen and oxygen atoms in total. The Morgan fingerprint density at radius 1 is 1.45 bits per heavy atom. The summed E-state index contributed by atoms with van der Waals surface area (Å²) in [5.41, 5.74) is 7.79. The highest BCUT2D eigenvalue weighted by molar-refractivity contribution is 7.00. The quantitative estimate of drug-likeness (QED) is 0.753. The van der Waals surface area contributed by atoms with Gasteiger partial charge in [-0.2, -0.15) is 13.8 Å². The highest BCUT2D eigenvalue weighted by atomic mass is 35.5. The maximum Gasteiger partial charge on any atom is 0.278 e. The minimum Gasteiger partial charge on any atom is -0.396 e. The van der Waals surface area contributed by atoms with Crippen LogP contribution in [-0.2, 0) is 7.05 Å². The number of nitrogens with two attached hydrogens (primary N) is 1. The average molecular weight is 309 g/mol. The maximum atomic E-state index is 12.2. The SMILES string of the molecule is Cn1cc(N)c(C(=O)Nc2c(Cl)ccc3nsnc23)n1. The second kappa shape index (κ2) is 4.73. The molecule has 0 aliphatic rings. The first-order valence-corrected chi connectivity index (χ1v) is 6.68. The molecule has 0 aliphatic carbocycles. The summed E-state index contributed by atoms with van der Waals surface area (Å²) in [6, 6.07) is 3.40. The van der Waals surface area contributed by atoms with Gasteiger partial charge in [-0.05, 0) is 12.1 Å². The lowest BCUT2D eigenvalue weighted by atomic mass is 10.2. The molecule has 1 amide bonds. The van der Waals surface area contributed by atoms with Gasteiger partial charge < -0.3 is 11.1 Å². The van der Waals surface area contributed by atoms with Crippen LogP contribution in [0.4, 0.5) is 11.4 Å². The van der Waals surface area contributed by atoms with Gasteiger partial charge in [-0.25, -0.2) is 0 Å². The fourth-order valence-electron chi connectivity index (χ4n) is 1.80. The molecule has 0 unspecified atom stereocenters. The topological polar surface area (TPSA) is 98.7 Å². The van der Waals surface area contributed by atoms with E-state index >= 15 is 0 Å². The Morgan fingerprint density at radius 3 is 2.95 bits per heavy atom. The Labute approximate surface area is 122 Å². The number of rotatable bonds is 2. The largest absolute Gasteiger partial charge is 0.396 e. The zero-order chi connectivity index (χ0) is 14.3. The van der Waals surface area contributed by atoms with E-state index in [1.54, 1.807) is 25.4 Å². The van der Waals surface area contributed by atoms with Crippen molar-refractivity contribution in [1.82, 2.24) is 18.5 Å². The van der Waals surface area contributed by atoms with E-state index in [-0.39, 0.29) is 5.69 Å². The van der Waals surface area contributed by atoms with Crippen molar-refractivity contribution < 1.29 is 4.79 Å². The monoisotopic (exact) mass is 308 g/mol. The van der Waals surface area contributed by atoms with Crippen LogP contribution in [0.3, 0.4) is 0 Å². The number of halogens is 1. The van der Waals surface area contributed by atoms with Crippen molar-refractivity contribution in [2.24, 2.45) is 7.05 Å². The molecule has 1 aromatic carbocycles. The van der Waals surface area contributed by atoms with E-state index in [1.165, 1.54) is 4.68 Å². The van der Waals surface area contributed by atoms with E-state index in [4.69, 9.17) is 17.3 Å². The predicted molar refractivity (Wildman–Crippen MR) is 78.0 cm³/mol. The van der Waals surface area contributed by atoms with E-state index in [0.29, 0.717) is 27.4 Å². The van der Waals surface area contributed by atoms with E-state index in [9.17, 15) is 4.79 Å². The van der Waals surface area contributed by atoms with Gasteiger partial charge in [0.1, 0.15) is 11.0 Å². The molecule has 0 bridgehead atoms. The summed E-state index contributed by atoms with van der Waals surface area (Å²) in [5, 5.41) is 7.08. The number of anilines is 2. The molecule has 3 rings (SSSR count). The van der Waals surface area contributed by atoms with Crippen molar-refractivity contribution in [2.45, 2.75) is 0 Å². The first-order chi connectivity index (χ1) is 9.56. The number of carbonyl (C=O) groups excluding carboxylic acids is 1. The van der Waals surface area contributed by atoms with Gasteiger partial charge in [-0.15, -0.1) is 0 Å². The summed E-state index contributed by atoms with van der Waals surface area (Å²) in [7, 11) is 1.69. The number of carbonyl (C=O) groups is 1. The average Bonchev–Trinajstić information content (AvgIpc) is 2.99. The van der Waals surface area contributed by atoms with Crippen LogP contribution in [-0.4, -0.2) is 24.4 Å². The zero-order valence-corrected chi connectivity index (χ0v) is 11.9. The first-order valence-electron chi connectivity index (χ1n) is 5.57. The van der Waals surface area contributed by atoms with E-state index in [2.05, 4.69) is 19.2 Å². The molecule has 0 aliphatic heterocycles. The lowest BCUT2D eigenvalue weighted by Gasteiger charge is -2.06. The Morgan fingerprint density at radius 2 is 2.25 bits per heavy atom. The third-order valence-electron chi connectivity index (χ3n) is 2.69. The Bertz CT molecular complexity index is 810. The number of nitrogen functional groups attached to an aromatic ring is 1. The third kappa shape index (κ3) is 2.08. The van der Waals surface area contributed by atoms with Crippen LogP contribution in [0.25, 0.3) is 11.0 Å². The Hall–Kier alpha value is -2.19. The minimum atomic E-state index is -0.439. The molecule has 0 radical (unpaired) electrons. The van der Waals surface area contributed by atoms with Crippen molar-refractivity contribution in [3.8, 4) is 0 Å². The minimum absolute atomic E-state index is 0.142. The number of nitrogens with zero attached hydrogens (tertiary/aromatic N) is 4. The number of nitrogens with one attached hydrogen (secondary N) is 1. The van der Waals surface area contributed by atoms with Crippen LogP contribution in [0.5, 0.6) is 0 Å². The molecule has 20 heavy (non-hydrogen) atoms. The summed E-state index contributed by atoms with van der Waals surface area (Å²) in [4.78, 5) is 12.2. The van der Waals surface area contributed by atoms with E-state index in [1.807, 2.05) is 0 Å². The third-order valence-corrected chi connectivity index (χ3v) is 3.55. The lowest BCUT2D eigenvalue weighted by molar-refractivity contribution is 0.102. The summed E-state index contributed by atoms with van der Waals surface area (Å²) in [6.45, 7) is 0. The van der Waals surface area contributed by atoms with Crippen LogP contribution in [0, 0.1) is 0 Å². The van der Waals surface area contributed by atoms with Gasteiger partial charge in [0.2, 0.25) is 0 Å². The molecule has 0 saturated heterocycles. The summed E-state index contributed by atoms with van der Waals surface area (Å²) in [5.74, 6) is -0.439. The molecule has 2 heterocycles. The van der Waals surface area contributed by atoms with Crippen LogP contribution in [0.15, 0.2) is 18.3 Å². The number of aryl methyl sites for hydroxylation is 1. The van der Waals surface area contributed by atoms with E-state index < -0.39 is 5.91 Å². The van der Waals surface area contributed by atoms with Crippen molar-refractivity contribution in [3.05, 3.63) is 29.0 Å². The van der Waals surface area contributed by atoms with Gasteiger partial charge >= 0.3 is 0 Å². The van der Waals surface area contributed by atoms with Gasteiger partial charge in [-0.1, -0.05) is 11.6 Å². The van der Waals surface area contributed by atoms with Crippen molar-refractivity contribution in [1.29, 1.82) is 0 Å². The molecule has 102 valence electrons. The summed E-state index contributed by atoms with van der Waals surface area (Å²) < 4.78 is 9.70. The fourth-order valence-corrected chi connectivity index (χ4v) is 2.54. The molecule has 0 fully saturated rings. The maximum absolute atomic E-state index is 12.2. The van der Waals surface area contributed by atoms with Crippen LogP contribution in [0.2, 0.25) is 5.02 Å².